The van der Waals surface area contributed by atoms with Crippen molar-refractivity contribution in [2.75, 3.05) is 4.72 Å². The zero-order chi connectivity index (χ0) is 18.7. The van der Waals surface area contributed by atoms with Crippen LogP contribution in [0.25, 0.3) is 0 Å². The molecule has 2 N–H and O–H groups in total. The van der Waals surface area contributed by atoms with E-state index < -0.39 is 15.8 Å². The van der Waals surface area contributed by atoms with E-state index in [2.05, 4.69) is 9.71 Å². The van der Waals surface area contributed by atoms with Gasteiger partial charge in [0.1, 0.15) is 16.8 Å². The summed E-state index contributed by atoms with van der Waals surface area (Å²) >= 11 is 5.86. The second-order valence-corrected chi connectivity index (χ2v) is 7.59. The van der Waals surface area contributed by atoms with Gasteiger partial charge < -0.3 is 4.98 Å². The molecule has 0 amide bonds. The van der Waals surface area contributed by atoms with Gasteiger partial charge in [0.05, 0.1) is 16.3 Å². The van der Waals surface area contributed by atoms with Crippen LogP contribution in [-0.2, 0) is 16.4 Å². The van der Waals surface area contributed by atoms with Crippen molar-refractivity contribution in [3.63, 3.8) is 0 Å². The van der Waals surface area contributed by atoms with E-state index in [9.17, 15) is 12.8 Å². The predicted molar refractivity (Wildman–Crippen MR) is 97.0 cm³/mol. The summed E-state index contributed by atoms with van der Waals surface area (Å²) in [5.74, 6) is -0.880. The summed E-state index contributed by atoms with van der Waals surface area (Å²) in [5.41, 5.74) is 1.10. The van der Waals surface area contributed by atoms with Crippen LogP contribution in [0.5, 0.6) is 0 Å². The van der Waals surface area contributed by atoms with Crippen LogP contribution < -0.4 is 4.72 Å². The van der Waals surface area contributed by atoms with Crippen LogP contribution in [0.4, 0.5) is 10.1 Å². The summed E-state index contributed by atoms with van der Waals surface area (Å²) < 4.78 is 41.7. The number of rotatable bonds is 5. The average molecular weight is 390 g/mol. The maximum absolute atomic E-state index is 14.1. The van der Waals surface area contributed by atoms with E-state index in [0.717, 1.165) is 17.7 Å². The SMILES string of the molecule is N#Cc1cc(F)c(NS(=O)(=O)c2c[nH]cc2Cc2ccccc2)cc1Cl. The largest absolute Gasteiger partial charge is 0.366 e. The molecule has 0 atom stereocenters. The highest BCUT2D eigenvalue weighted by Crippen LogP contribution is 2.27. The van der Waals surface area contributed by atoms with Crippen LogP contribution in [0.3, 0.4) is 0 Å². The van der Waals surface area contributed by atoms with Crippen LogP contribution in [0.1, 0.15) is 16.7 Å². The van der Waals surface area contributed by atoms with Crippen LogP contribution in [0, 0.1) is 17.1 Å². The fraction of sp³-hybridized carbons (Fsp3) is 0.0556. The van der Waals surface area contributed by atoms with E-state index in [0.29, 0.717) is 12.0 Å². The molecule has 0 bridgehead atoms. The van der Waals surface area contributed by atoms with Gasteiger partial charge in [-0.05, 0) is 23.3 Å². The van der Waals surface area contributed by atoms with E-state index in [1.807, 2.05) is 30.3 Å². The lowest BCUT2D eigenvalue weighted by Crippen LogP contribution is -2.15. The highest BCUT2D eigenvalue weighted by molar-refractivity contribution is 7.92. The van der Waals surface area contributed by atoms with Crippen LogP contribution in [0.2, 0.25) is 5.02 Å². The maximum atomic E-state index is 14.1. The number of halogens is 2. The maximum Gasteiger partial charge on any atom is 0.263 e. The molecule has 1 heterocycles. The van der Waals surface area contributed by atoms with Gasteiger partial charge in [-0.3, -0.25) is 4.72 Å². The zero-order valence-electron chi connectivity index (χ0n) is 13.3. The van der Waals surface area contributed by atoms with Crippen molar-refractivity contribution >= 4 is 27.3 Å². The number of aromatic nitrogens is 1. The second kappa shape index (κ2) is 7.20. The third kappa shape index (κ3) is 3.72. The predicted octanol–water partition coefficient (Wildman–Crippen LogP) is 4.07. The zero-order valence-corrected chi connectivity index (χ0v) is 14.9. The molecular weight excluding hydrogens is 377 g/mol. The highest BCUT2D eigenvalue weighted by Gasteiger charge is 2.22. The first kappa shape index (κ1) is 18.0. The molecule has 0 aliphatic rings. The molecule has 0 saturated carbocycles. The number of hydrogen-bond donors (Lipinski definition) is 2. The molecule has 132 valence electrons. The minimum Gasteiger partial charge on any atom is -0.366 e. The summed E-state index contributed by atoms with van der Waals surface area (Å²) in [5, 5.41) is 8.81. The molecule has 26 heavy (non-hydrogen) atoms. The summed E-state index contributed by atoms with van der Waals surface area (Å²) in [7, 11) is -4.04. The number of nitriles is 1. The Morgan fingerprint density at radius 3 is 2.62 bits per heavy atom. The molecule has 0 unspecified atom stereocenters. The van der Waals surface area contributed by atoms with Gasteiger partial charge in [0, 0.05) is 18.8 Å². The Morgan fingerprint density at radius 1 is 1.19 bits per heavy atom. The second-order valence-electron chi connectivity index (χ2n) is 5.54. The molecule has 0 radical (unpaired) electrons. The van der Waals surface area contributed by atoms with Crippen molar-refractivity contribution < 1.29 is 12.8 Å². The Hall–Kier alpha value is -2.82. The van der Waals surface area contributed by atoms with Gasteiger partial charge in [0.15, 0.2) is 0 Å². The smallest absolute Gasteiger partial charge is 0.263 e. The lowest BCUT2D eigenvalue weighted by Gasteiger charge is -2.11. The number of aromatic amines is 1. The Balaban J connectivity index is 1.92. The van der Waals surface area contributed by atoms with Gasteiger partial charge in [-0.15, -0.1) is 0 Å². The summed E-state index contributed by atoms with van der Waals surface area (Å²) in [6.07, 6.45) is 3.32. The molecular formula is C18H13ClFN3O2S. The molecule has 0 aliphatic carbocycles. The van der Waals surface area contributed by atoms with Crippen LogP contribution >= 0.6 is 11.6 Å². The third-order valence-electron chi connectivity index (χ3n) is 3.74. The van der Waals surface area contributed by atoms with Gasteiger partial charge in [0.2, 0.25) is 0 Å². The topological polar surface area (TPSA) is 85.8 Å². The fourth-order valence-corrected chi connectivity index (χ4v) is 3.96. The molecule has 2 aromatic carbocycles. The Morgan fingerprint density at radius 2 is 1.92 bits per heavy atom. The number of nitrogens with zero attached hydrogens (tertiary/aromatic N) is 1. The number of hydrogen-bond acceptors (Lipinski definition) is 3. The van der Waals surface area contributed by atoms with E-state index in [1.165, 1.54) is 6.20 Å². The van der Waals surface area contributed by atoms with Crippen molar-refractivity contribution in [1.29, 1.82) is 5.26 Å². The lowest BCUT2D eigenvalue weighted by atomic mass is 10.1. The third-order valence-corrected chi connectivity index (χ3v) is 5.50. The van der Waals surface area contributed by atoms with Crippen molar-refractivity contribution in [1.82, 2.24) is 4.98 Å². The van der Waals surface area contributed by atoms with Gasteiger partial charge in [-0.2, -0.15) is 5.26 Å². The fourth-order valence-electron chi connectivity index (χ4n) is 2.50. The van der Waals surface area contributed by atoms with Gasteiger partial charge >= 0.3 is 0 Å². The summed E-state index contributed by atoms with van der Waals surface area (Å²) in [4.78, 5) is 2.79. The number of H-pyrrole nitrogens is 1. The quantitative estimate of drug-likeness (QED) is 0.689. The molecule has 0 aliphatic heterocycles. The van der Waals surface area contributed by atoms with Crippen LogP contribution in [0.15, 0.2) is 59.8 Å². The number of benzene rings is 2. The average Bonchev–Trinajstić information content (AvgIpc) is 3.07. The highest BCUT2D eigenvalue weighted by atomic mass is 35.5. The van der Waals surface area contributed by atoms with Crippen molar-refractivity contribution in [2.45, 2.75) is 11.3 Å². The van der Waals surface area contributed by atoms with Crippen molar-refractivity contribution in [3.8, 4) is 6.07 Å². The number of sulfonamides is 1. The first-order valence-electron chi connectivity index (χ1n) is 7.52. The molecule has 3 rings (SSSR count). The molecule has 1 aromatic heterocycles. The minimum absolute atomic E-state index is 0.0150. The van der Waals surface area contributed by atoms with Gasteiger partial charge in [0.25, 0.3) is 10.0 Å². The molecule has 0 saturated heterocycles. The monoisotopic (exact) mass is 389 g/mol. The summed E-state index contributed by atoms with van der Waals surface area (Å²) in [6.45, 7) is 0. The standard InChI is InChI=1S/C18H13ClFN3O2S/c19-15-8-17(16(20)7-13(15)9-21)23-26(24,25)18-11-22-10-14(18)6-12-4-2-1-3-5-12/h1-5,7-8,10-11,22-23H,6H2. The molecule has 0 spiro atoms. The number of anilines is 1. The van der Waals surface area contributed by atoms with Crippen molar-refractivity contribution in [3.05, 3.63) is 82.4 Å². The lowest BCUT2D eigenvalue weighted by molar-refractivity contribution is 0.598. The molecule has 5 nitrogen and oxygen atoms in total. The van der Waals surface area contributed by atoms with E-state index in [4.69, 9.17) is 16.9 Å². The van der Waals surface area contributed by atoms with Crippen molar-refractivity contribution in [2.24, 2.45) is 0 Å². The first-order chi connectivity index (χ1) is 12.4. The van der Waals surface area contributed by atoms with E-state index >= 15 is 0 Å². The molecule has 8 heteroatoms. The molecule has 3 aromatic rings. The normalized spacial score (nSPS) is 11.1. The van der Waals surface area contributed by atoms with Crippen LogP contribution in [-0.4, -0.2) is 13.4 Å². The van der Waals surface area contributed by atoms with E-state index in [1.54, 1.807) is 12.3 Å². The van der Waals surface area contributed by atoms with E-state index in [-0.39, 0.29) is 21.2 Å². The van der Waals surface area contributed by atoms with Gasteiger partial charge in [-0.1, -0.05) is 41.9 Å². The Labute approximate surface area is 155 Å². The summed E-state index contributed by atoms with van der Waals surface area (Å²) in [6, 6.07) is 13.1. The van der Waals surface area contributed by atoms with Gasteiger partial charge in [-0.25, -0.2) is 12.8 Å². The number of nitrogens with one attached hydrogen (secondary N) is 2. The first-order valence-corrected chi connectivity index (χ1v) is 9.38. The molecule has 0 fully saturated rings. The minimum atomic E-state index is -4.04. The Kier molecular flexibility index (Phi) is 4.98. The Bertz CT molecular complexity index is 1090.